The van der Waals surface area contributed by atoms with Gasteiger partial charge in [-0.1, -0.05) is 29.3 Å². The van der Waals surface area contributed by atoms with Gasteiger partial charge in [-0.15, -0.1) is 0 Å². The lowest BCUT2D eigenvalue weighted by molar-refractivity contribution is -0.384. The smallest absolute Gasteiger partial charge is 0.276 e. The van der Waals surface area contributed by atoms with Crippen LogP contribution in [0.1, 0.15) is 0 Å². The molecule has 6 nitrogen and oxygen atoms in total. The number of nitrogens with one attached hydrogen (secondary N) is 1. The molecule has 3 N–H and O–H groups in total. The van der Waals surface area contributed by atoms with Crippen LogP contribution in [0, 0.1) is 10.1 Å². The van der Waals surface area contributed by atoms with Gasteiger partial charge >= 0.3 is 0 Å². The average molecular weight is 299 g/mol. The van der Waals surface area contributed by atoms with Gasteiger partial charge in [-0.25, -0.2) is 4.98 Å². The molecule has 1 aromatic heterocycles. The Morgan fingerprint density at radius 3 is 2.47 bits per heavy atom. The number of hydrogen-bond acceptors (Lipinski definition) is 5. The molecule has 1 aromatic carbocycles. The fraction of sp³-hybridized carbons (Fsp3) is 0. The summed E-state index contributed by atoms with van der Waals surface area (Å²) in [5.74, 6) is 0.224. The molecule has 0 aliphatic heterocycles. The monoisotopic (exact) mass is 298 g/mol. The van der Waals surface area contributed by atoms with Crippen molar-refractivity contribution in [3.05, 3.63) is 50.5 Å². The van der Waals surface area contributed by atoms with Crippen molar-refractivity contribution in [3.8, 4) is 0 Å². The van der Waals surface area contributed by atoms with E-state index < -0.39 is 4.92 Å². The fourth-order valence-electron chi connectivity index (χ4n) is 1.45. The van der Waals surface area contributed by atoms with E-state index in [0.29, 0.717) is 15.7 Å². The van der Waals surface area contributed by atoms with Crippen LogP contribution in [0.3, 0.4) is 0 Å². The van der Waals surface area contributed by atoms with Crippen molar-refractivity contribution in [1.82, 2.24) is 4.98 Å². The summed E-state index contributed by atoms with van der Waals surface area (Å²) in [7, 11) is 0. The van der Waals surface area contributed by atoms with Crippen molar-refractivity contribution in [2.75, 3.05) is 11.1 Å². The maximum atomic E-state index is 10.7. The Bertz CT molecular complexity index is 628. The van der Waals surface area contributed by atoms with Crippen LogP contribution in [-0.2, 0) is 0 Å². The van der Waals surface area contributed by atoms with Crippen molar-refractivity contribution in [1.29, 1.82) is 0 Å². The Balaban J connectivity index is 2.41. The van der Waals surface area contributed by atoms with Crippen LogP contribution in [0.4, 0.5) is 23.0 Å². The number of aromatic nitrogens is 1. The molecule has 8 heteroatoms. The second kappa shape index (κ2) is 5.29. The third-order valence-electron chi connectivity index (χ3n) is 2.26. The number of para-hydroxylation sites is 1. The van der Waals surface area contributed by atoms with Gasteiger partial charge in [0.15, 0.2) is 0 Å². The molecule has 0 aliphatic rings. The number of nitrogen functional groups attached to an aromatic ring is 1. The van der Waals surface area contributed by atoms with Crippen molar-refractivity contribution in [2.24, 2.45) is 0 Å². The van der Waals surface area contributed by atoms with Crippen molar-refractivity contribution in [3.63, 3.8) is 0 Å². The van der Waals surface area contributed by atoms with E-state index in [-0.39, 0.29) is 17.3 Å². The number of benzene rings is 1. The topological polar surface area (TPSA) is 94.1 Å². The summed E-state index contributed by atoms with van der Waals surface area (Å²) in [6, 6.07) is 7.37. The first-order chi connectivity index (χ1) is 8.97. The van der Waals surface area contributed by atoms with Crippen LogP contribution < -0.4 is 11.1 Å². The first-order valence-electron chi connectivity index (χ1n) is 5.10. The molecule has 0 amide bonds. The molecular weight excluding hydrogens is 291 g/mol. The lowest BCUT2D eigenvalue weighted by atomic mass is 10.3. The molecule has 0 saturated heterocycles. The van der Waals surface area contributed by atoms with E-state index in [1.165, 1.54) is 12.1 Å². The maximum absolute atomic E-state index is 10.7. The quantitative estimate of drug-likeness (QED) is 0.666. The molecule has 2 aromatic rings. The highest BCUT2D eigenvalue weighted by molar-refractivity contribution is 6.39. The Morgan fingerprint density at radius 2 is 1.89 bits per heavy atom. The van der Waals surface area contributed by atoms with Gasteiger partial charge in [0, 0.05) is 0 Å². The van der Waals surface area contributed by atoms with Crippen LogP contribution in [-0.4, -0.2) is 9.91 Å². The number of rotatable bonds is 3. The molecule has 0 aliphatic carbocycles. The van der Waals surface area contributed by atoms with E-state index in [1.54, 1.807) is 18.2 Å². The number of pyridine rings is 1. The minimum atomic E-state index is -0.558. The van der Waals surface area contributed by atoms with E-state index in [2.05, 4.69) is 10.3 Å². The minimum Gasteiger partial charge on any atom is -0.383 e. The fourth-order valence-corrected chi connectivity index (χ4v) is 1.94. The summed E-state index contributed by atoms with van der Waals surface area (Å²) in [6.45, 7) is 0. The molecule has 1 heterocycles. The Morgan fingerprint density at radius 1 is 1.26 bits per heavy atom. The number of nitrogens with zero attached hydrogens (tertiary/aromatic N) is 2. The van der Waals surface area contributed by atoms with Crippen LogP contribution in [0.5, 0.6) is 0 Å². The number of anilines is 3. The van der Waals surface area contributed by atoms with Crippen LogP contribution in [0.15, 0.2) is 30.3 Å². The molecule has 0 saturated carbocycles. The summed E-state index contributed by atoms with van der Waals surface area (Å²) in [4.78, 5) is 14.1. The predicted molar refractivity (Wildman–Crippen MR) is 75.0 cm³/mol. The SMILES string of the molecule is Nc1cc([N+](=O)[O-])cc(Nc2c(Cl)cccc2Cl)n1. The highest BCUT2D eigenvalue weighted by Gasteiger charge is 2.12. The van der Waals surface area contributed by atoms with Crippen molar-refractivity contribution in [2.45, 2.75) is 0 Å². The van der Waals surface area contributed by atoms with Gasteiger partial charge in [0.05, 0.1) is 32.8 Å². The molecule has 0 atom stereocenters. The third kappa shape index (κ3) is 3.04. The largest absolute Gasteiger partial charge is 0.383 e. The van der Waals surface area contributed by atoms with E-state index in [1.807, 2.05) is 0 Å². The third-order valence-corrected chi connectivity index (χ3v) is 2.89. The minimum absolute atomic E-state index is 0.0277. The highest BCUT2D eigenvalue weighted by Crippen LogP contribution is 2.33. The summed E-state index contributed by atoms with van der Waals surface area (Å²) in [6.07, 6.45) is 0. The Kier molecular flexibility index (Phi) is 3.73. The zero-order valence-corrected chi connectivity index (χ0v) is 10.9. The van der Waals surface area contributed by atoms with Crippen molar-refractivity contribution < 1.29 is 4.92 Å². The zero-order valence-electron chi connectivity index (χ0n) is 9.43. The molecule has 2 rings (SSSR count). The standard InChI is InChI=1S/C11H8Cl2N4O2/c12-7-2-1-3-8(13)11(7)16-10-5-6(17(18)19)4-9(14)15-10/h1-5H,(H3,14,15,16). The molecule has 0 unspecified atom stereocenters. The molecule has 0 fully saturated rings. The maximum Gasteiger partial charge on any atom is 0.276 e. The number of hydrogen-bond donors (Lipinski definition) is 2. The summed E-state index contributed by atoms with van der Waals surface area (Å²) in [5.41, 5.74) is 5.75. The average Bonchev–Trinajstić information content (AvgIpc) is 2.33. The predicted octanol–water partition coefficient (Wildman–Crippen LogP) is 3.62. The van der Waals surface area contributed by atoms with Gasteiger partial charge in [-0.05, 0) is 12.1 Å². The van der Waals surface area contributed by atoms with Crippen LogP contribution in [0.2, 0.25) is 10.0 Å². The van der Waals surface area contributed by atoms with Gasteiger partial charge in [-0.3, -0.25) is 10.1 Å². The van der Waals surface area contributed by atoms with E-state index in [0.717, 1.165) is 0 Å². The van der Waals surface area contributed by atoms with Gasteiger partial charge in [0.1, 0.15) is 11.6 Å². The first-order valence-corrected chi connectivity index (χ1v) is 5.86. The molecular formula is C11H8Cl2N4O2. The molecule has 0 bridgehead atoms. The Labute approximate surface area is 118 Å². The van der Waals surface area contributed by atoms with Crippen LogP contribution >= 0.6 is 23.2 Å². The highest BCUT2D eigenvalue weighted by atomic mass is 35.5. The zero-order chi connectivity index (χ0) is 14.0. The molecule has 19 heavy (non-hydrogen) atoms. The summed E-state index contributed by atoms with van der Waals surface area (Å²) in [5, 5.41) is 14.3. The van der Waals surface area contributed by atoms with Crippen LogP contribution in [0.25, 0.3) is 0 Å². The summed E-state index contributed by atoms with van der Waals surface area (Å²) >= 11 is 12.0. The van der Waals surface area contributed by atoms with E-state index >= 15 is 0 Å². The van der Waals surface area contributed by atoms with Crippen molar-refractivity contribution >= 4 is 46.2 Å². The second-order valence-corrected chi connectivity index (χ2v) is 4.43. The van der Waals surface area contributed by atoms with E-state index in [4.69, 9.17) is 28.9 Å². The van der Waals surface area contributed by atoms with Gasteiger partial charge < -0.3 is 11.1 Å². The van der Waals surface area contributed by atoms with Gasteiger partial charge in [0.2, 0.25) is 0 Å². The number of nitrogens with two attached hydrogens (primary N) is 1. The lowest BCUT2D eigenvalue weighted by Crippen LogP contribution is -2.00. The number of nitro groups is 1. The second-order valence-electron chi connectivity index (χ2n) is 3.61. The number of halogens is 2. The normalized spacial score (nSPS) is 10.2. The first kappa shape index (κ1) is 13.4. The lowest BCUT2D eigenvalue weighted by Gasteiger charge is -2.09. The van der Waals surface area contributed by atoms with E-state index in [9.17, 15) is 10.1 Å². The Hall–Kier alpha value is -2.05. The molecule has 0 spiro atoms. The summed E-state index contributed by atoms with van der Waals surface area (Å²) < 4.78 is 0. The molecule has 98 valence electrons. The molecule has 0 radical (unpaired) electrons. The van der Waals surface area contributed by atoms with Gasteiger partial charge in [0.25, 0.3) is 5.69 Å². The van der Waals surface area contributed by atoms with Gasteiger partial charge in [-0.2, -0.15) is 0 Å².